The molecule has 1 aromatic heterocycles. The van der Waals surface area contributed by atoms with Crippen LogP contribution in [0.25, 0.3) is 22.0 Å². The minimum Gasteiger partial charge on any atom is -0.493 e. The predicted molar refractivity (Wildman–Crippen MR) is 76.8 cm³/mol. The van der Waals surface area contributed by atoms with Gasteiger partial charge in [-0.3, -0.25) is 0 Å². The Morgan fingerprint density at radius 3 is 2.32 bits per heavy atom. The number of aromatic nitrogens is 1. The molecule has 0 saturated heterocycles. The Bertz CT molecular complexity index is 716. The zero-order valence-electron chi connectivity index (χ0n) is 10.9. The highest BCUT2D eigenvalue weighted by atomic mass is 16.5. The lowest BCUT2D eigenvalue weighted by Crippen LogP contribution is -1.90. The summed E-state index contributed by atoms with van der Waals surface area (Å²) in [7, 11) is 3.29. The van der Waals surface area contributed by atoms with Gasteiger partial charge in [-0.1, -0.05) is 12.1 Å². The third-order valence-electron chi connectivity index (χ3n) is 3.27. The van der Waals surface area contributed by atoms with Crippen LogP contribution < -0.4 is 9.47 Å². The number of ether oxygens (including phenoxy) is 2. The Labute approximate surface area is 111 Å². The fraction of sp³-hybridized carbons (Fsp3) is 0.125. The molecule has 96 valence electrons. The van der Waals surface area contributed by atoms with Crippen LogP contribution in [-0.2, 0) is 0 Å². The van der Waals surface area contributed by atoms with Crippen LogP contribution in [0.5, 0.6) is 11.5 Å². The van der Waals surface area contributed by atoms with Gasteiger partial charge in [0.2, 0.25) is 0 Å². The summed E-state index contributed by atoms with van der Waals surface area (Å²) in [6, 6.07) is 14.4. The van der Waals surface area contributed by atoms with Crippen molar-refractivity contribution in [3.05, 3.63) is 48.7 Å². The van der Waals surface area contributed by atoms with Gasteiger partial charge in [0.15, 0.2) is 11.5 Å². The summed E-state index contributed by atoms with van der Waals surface area (Å²) in [4.78, 5) is 3.19. The van der Waals surface area contributed by atoms with E-state index in [9.17, 15) is 0 Å². The Morgan fingerprint density at radius 1 is 0.789 bits per heavy atom. The summed E-state index contributed by atoms with van der Waals surface area (Å²) in [6.07, 6.45) is 1.95. The maximum absolute atomic E-state index is 5.34. The van der Waals surface area contributed by atoms with Crippen molar-refractivity contribution in [2.45, 2.75) is 0 Å². The first-order valence-corrected chi connectivity index (χ1v) is 6.11. The number of rotatable bonds is 3. The maximum atomic E-state index is 5.34. The fourth-order valence-corrected chi connectivity index (χ4v) is 2.25. The van der Waals surface area contributed by atoms with Gasteiger partial charge in [0.1, 0.15) is 0 Å². The van der Waals surface area contributed by atoms with Crippen molar-refractivity contribution in [3.8, 4) is 22.6 Å². The molecule has 0 aliphatic heterocycles. The van der Waals surface area contributed by atoms with Gasteiger partial charge in [-0.15, -0.1) is 0 Å². The quantitative estimate of drug-likeness (QED) is 0.769. The molecule has 3 rings (SSSR count). The van der Waals surface area contributed by atoms with Crippen LogP contribution in [-0.4, -0.2) is 19.2 Å². The van der Waals surface area contributed by atoms with E-state index in [0.717, 1.165) is 28.1 Å². The van der Waals surface area contributed by atoms with E-state index in [4.69, 9.17) is 9.47 Å². The molecular formula is C16H15NO2. The first-order chi connectivity index (χ1) is 9.31. The number of benzene rings is 2. The van der Waals surface area contributed by atoms with E-state index in [1.165, 1.54) is 5.39 Å². The first-order valence-electron chi connectivity index (χ1n) is 6.11. The van der Waals surface area contributed by atoms with Gasteiger partial charge in [0.05, 0.1) is 14.2 Å². The standard InChI is InChI=1S/C16H15NO2/c1-18-15-6-4-12(10-16(15)19-2)11-3-5-14-13(9-11)7-8-17-14/h3-10,17H,1-2H3. The molecule has 0 fully saturated rings. The molecule has 3 aromatic rings. The van der Waals surface area contributed by atoms with Crippen molar-refractivity contribution < 1.29 is 9.47 Å². The molecule has 0 saturated carbocycles. The van der Waals surface area contributed by atoms with E-state index in [-0.39, 0.29) is 0 Å². The summed E-state index contributed by atoms with van der Waals surface area (Å²) < 4.78 is 10.6. The molecule has 2 aromatic carbocycles. The second-order valence-electron chi connectivity index (χ2n) is 4.35. The number of nitrogens with one attached hydrogen (secondary N) is 1. The fourth-order valence-electron chi connectivity index (χ4n) is 2.25. The van der Waals surface area contributed by atoms with Crippen molar-refractivity contribution in [2.24, 2.45) is 0 Å². The molecule has 0 aliphatic carbocycles. The van der Waals surface area contributed by atoms with Crippen LogP contribution in [0.4, 0.5) is 0 Å². The number of methoxy groups -OCH3 is 2. The van der Waals surface area contributed by atoms with Crippen LogP contribution in [0.3, 0.4) is 0 Å². The van der Waals surface area contributed by atoms with Crippen molar-refractivity contribution in [3.63, 3.8) is 0 Å². The number of fused-ring (bicyclic) bond motifs is 1. The average Bonchev–Trinajstić information content (AvgIpc) is 2.93. The average molecular weight is 253 g/mol. The topological polar surface area (TPSA) is 34.2 Å². The number of aromatic amines is 1. The van der Waals surface area contributed by atoms with Gasteiger partial charge >= 0.3 is 0 Å². The predicted octanol–water partition coefficient (Wildman–Crippen LogP) is 3.85. The van der Waals surface area contributed by atoms with E-state index < -0.39 is 0 Å². The lowest BCUT2D eigenvalue weighted by atomic mass is 10.0. The van der Waals surface area contributed by atoms with E-state index in [1.807, 2.05) is 24.4 Å². The Kier molecular flexibility index (Phi) is 2.88. The van der Waals surface area contributed by atoms with Gasteiger partial charge in [0.25, 0.3) is 0 Å². The molecule has 3 nitrogen and oxygen atoms in total. The van der Waals surface area contributed by atoms with Crippen LogP contribution in [0.2, 0.25) is 0 Å². The van der Waals surface area contributed by atoms with Crippen molar-refractivity contribution in [1.82, 2.24) is 4.98 Å². The van der Waals surface area contributed by atoms with E-state index >= 15 is 0 Å². The number of hydrogen-bond donors (Lipinski definition) is 1. The van der Waals surface area contributed by atoms with E-state index in [1.54, 1.807) is 14.2 Å². The van der Waals surface area contributed by atoms with Gasteiger partial charge in [-0.2, -0.15) is 0 Å². The van der Waals surface area contributed by atoms with Gasteiger partial charge in [-0.25, -0.2) is 0 Å². The molecule has 0 radical (unpaired) electrons. The molecule has 0 amide bonds. The maximum Gasteiger partial charge on any atom is 0.161 e. The molecule has 0 atom stereocenters. The zero-order valence-corrected chi connectivity index (χ0v) is 10.9. The molecule has 0 bridgehead atoms. The van der Waals surface area contributed by atoms with Gasteiger partial charge < -0.3 is 14.5 Å². The van der Waals surface area contributed by atoms with Crippen LogP contribution >= 0.6 is 0 Å². The number of hydrogen-bond acceptors (Lipinski definition) is 2. The minimum atomic E-state index is 0.744. The second-order valence-corrected chi connectivity index (χ2v) is 4.35. The molecule has 1 N–H and O–H groups in total. The van der Waals surface area contributed by atoms with Crippen LogP contribution in [0, 0.1) is 0 Å². The lowest BCUT2D eigenvalue weighted by molar-refractivity contribution is 0.355. The SMILES string of the molecule is COc1ccc(-c2ccc3[nH]ccc3c2)cc1OC. The van der Waals surface area contributed by atoms with Crippen LogP contribution in [0.15, 0.2) is 48.7 Å². The monoisotopic (exact) mass is 253 g/mol. The summed E-state index contributed by atoms with van der Waals surface area (Å²) in [6.45, 7) is 0. The van der Waals surface area contributed by atoms with E-state index in [0.29, 0.717) is 0 Å². The molecule has 0 spiro atoms. The van der Waals surface area contributed by atoms with Crippen molar-refractivity contribution in [2.75, 3.05) is 14.2 Å². The molecule has 19 heavy (non-hydrogen) atoms. The van der Waals surface area contributed by atoms with Gasteiger partial charge in [0, 0.05) is 11.7 Å². The van der Waals surface area contributed by atoms with Crippen LogP contribution in [0.1, 0.15) is 0 Å². The highest BCUT2D eigenvalue weighted by Crippen LogP contribution is 2.33. The van der Waals surface area contributed by atoms with Crippen molar-refractivity contribution >= 4 is 10.9 Å². The van der Waals surface area contributed by atoms with Crippen molar-refractivity contribution in [1.29, 1.82) is 0 Å². The Hall–Kier alpha value is -2.42. The lowest BCUT2D eigenvalue weighted by Gasteiger charge is -2.09. The molecular weight excluding hydrogens is 238 g/mol. The number of H-pyrrole nitrogens is 1. The zero-order chi connectivity index (χ0) is 13.2. The van der Waals surface area contributed by atoms with Gasteiger partial charge in [-0.05, 0) is 46.8 Å². The third kappa shape index (κ3) is 2.03. The molecule has 0 aliphatic rings. The first kappa shape index (κ1) is 11.7. The Morgan fingerprint density at radius 2 is 1.53 bits per heavy atom. The summed E-state index contributed by atoms with van der Waals surface area (Å²) >= 11 is 0. The highest BCUT2D eigenvalue weighted by Gasteiger charge is 2.06. The highest BCUT2D eigenvalue weighted by molar-refractivity contribution is 5.85. The summed E-state index contributed by atoms with van der Waals surface area (Å²) in [5.74, 6) is 1.49. The second kappa shape index (κ2) is 4.69. The molecule has 1 heterocycles. The molecule has 3 heteroatoms. The Balaban J connectivity index is 2.09. The smallest absolute Gasteiger partial charge is 0.161 e. The third-order valence-corrected chi connectivity index (χ3v) is 3.27. The summed E-state index contributed by atoms with van der Waals surface area (Å²) in [5, 5.41) is 1.20. The van der Waals surface area contributed by atoms with E-state index in [2.05, 4.69) is 29.2 Å². The largest absolute Gasteiger partial charge is 0.493 e. The minimum absolute atomic E-state index is 0.744. The summed E-state index contributed by atoms with van der Waals surface area (Å²) in [5.41, 5.74) is 3.41. The normalized spacial score (nSPS) is 10.6. The molecule has 0 unspecified atom stereocenters.